The molecule has 0 atom stereocenters. The van der Waals surface area contributed by atoms with Crippen molar-refractivity contribution in [1.29, 1.82) is 0 Å². The molecule has 0 amide bonds. The number of imidazole rings is 1. The molecule has 98 valence electrons. The fourth-order valence-corrected chi connectivity index (χ4v) is 2.09. The predicted molar refractivity (Wildman–Crippen MR) is 71.3 cm³/mol. The molecule has 0 aliphatic rings. The minimum Gasteiger partial charge on any atom is -0.336 e. The fraction of sp³-hybridized carbons (Fsp3) is 0.538. The van der Waals surface area contributed by atoms with E-state index in [2.05, 4.69) is 45.4 Å². The van der Waals surface area contributed by atoms with E-state index < -0.39 is 0 Å². The van der Waals surface area contributed by atoms with E-state index in [1.807, 2.05) is 12.5 Å². The van der Waals surface area contributed by atoms with E-state index in [-0.39, 0.29) is 0 Å². The molecule has 0 unspecified atom stereocenters. The van der Waals surface area contributed by atoms with Gasteiger partial charge in [-0.3, -0.25) is 4.68 Å². The van der Waals surface area contributed by atoms with Crippen molar-refractivity contribution in [3.05, 3.63) is 35.7 Å². The summed E-state index contributed by atoms with van der Waals surface area (Å²) in [4.78, 5) is 4.04. The van der Waals surface area contributed by atoms with Crippen LogP contribution in [-0.4, -0.2) is 25.9 Å². The maximum atomic E-state index is 4.61. The lowest BCUT2D eigenvalue weighted by molar-refractivity contribution is 0.520. The molecule has 0 bridgehead atoms. The first-order valence-electron chi connectivity index (χ1n) is 6.41. The van der Waals surface area contributed by atoms with E-state index in [9.17, 15) is 0 Å². The summed E-state index contributed by atoms with van der Waals surface area (Å²) in [6.45, 7) is 10.0. The Kier molecular flexibility index (Phi) is 4.15. The van der Waals surface area contributed by atoms with Crippen molar-refractivity contribution in [2.75, 3.05) is 6.54 Å². The Hall–Kier alpha value is -1.62. The zero-order valence-corrected chi connectivity index (χ0v) is 11.3. The maximum Gasteiger partial charge on any atom is 0.0946 e. The first kappa shape index (κ1) is 12.8. The van der Waals surface area contributed by atoms with Crippen molar-refractivity contribution in [2.24, 2.45) is 0 Å². The zero-order valence-electron chi connectivity index (χ0n) is 11.3. The molecule has 0 aromatic carbocycles. The smallest absolute Gasteiger partial charge is 0.0946 e. The van der Waals surface area contributed by atoms with Crippen molar-refractivity contribution in [1.82, 2.24) is 24.6 Å². The van der Waals surface area contributed by atoms with Crippen LogP contribution in [0.15, 0.2) is 18.7 Å². The van der Waals surface area contributed by atoms with Gasteiger partial charge < -0.3 is 9.88 Å². The van der Waals surface area contributed by atoms with Crippen LogP contribution < -0.4 is 5.32 Å². The molecule has 0 saturated carbocycles. The van der Waals surface area contributed by atoms with Gasteiger partial charge in [-0.15, -0.1) is 0 Å². The summed E-state index contributed by atoms with van der Waals surface area (Å²) in [5.74, 6) is 0. The van der Waals surface area contributed by atoms with Crippen molar-refractivity contribution in [3.8, 4) is 0 Å². The van der Waals surface area contributed by atoms with Gasteiger partial charge >= 0.3 is 0 Å². The van der Waals surface area contributed by atoms with Gasteiger partial charge in [-0.2, -0.15) is 5.10 Å². The third kappa shape index (κ3) is 2.79. The molecule has 0 aliphatic heterocycles. The van der Waals surface area contributed by atoms with Crippen LogP contribution in [0.5, 0.6) is 0 Å². The number of nitrogens with one attached hydrogen (secondary N) is 1. The molecule has 0 aliphatic carbocycles. The molecule has 5 nitrogen and oxygen atoms in total. The monoisotopic (exact) mass is 247 g/mol. The molecule has 1 N–H and O–H groups in total. The topological polar surface area (TPSA) is 47.7 Å². The summed E-state index contributed by atoms with van der Waals surface area (Å²) in [6, 6.07) is 0. The summed E-state index contributed by atoms with van der Waals surface area (Å²) < 4.78 is 4.16. The molecule has 2 aromatic heterocycles. The minimum absolute atomic E-state index is 0.884. The Morgan fingerprint density at radius 2 is 2.11 bits per heavy atom. The summed E-state index contributed by atoms with van der Waals surface area (Å²) in [6.07, 6.45) is 5.62. The largest absolute Gasteiger partial charge is 0.336 e. The van der Waals surface area contributed by atoms with Crippen LogP contribution in [0, 0.1) is 13.8 Å². The lowest BCUT2D eigenvalue weighted by atomic mass is 10.2. The van der Waals surface area contributed by atoms with E-state index in [1.54, 1.807) is 6.20 Å². The van der Waals surface area contributed by atoms with Gasteiger partial charge in [-0.05, 0) is 20.4 Å². The average molecular weight is 247 g/mol. The molecule has 2 aromatic rings. The van der Waals surface area contributed by atoms with E-state index >= 15 is 0 Å². The molecule has 5 heteroatoms. The van der Waals surface area contributed by atoms with Gasteiger partial charge in [0.05, 0.1) is 18.6 Å². The Balaban J connectivity index is 2.04. The van der Waals surface area contributed by atoms with Gasteiger partial charge in [0.1, 0.15) is 0 Å². The second-order valence-corrected chi connectivity index (χ2v) is 4.45. The molecule has 0 spiro atoms. The SMILES string of the molecule is CCNCc1c(C)nn(CCn2ccnc2)c1C. The standard InChI is InChI=1S/C13H21N5/c1-4-14-9-13-11(2)16-18(12(13)3)8-7-17-6-5-15-10-17/h5-6,10,14H,4,7-9H2,1-3H3. The fourth-order valence-electron chi connectivity index (χ4n) is 2.09. The molecule has 2 heterocycles. The Morgan fingerprint density at radius 3 is 2.78 bits per heavy atom. The first-order chi connectivity index (χ1) is 8.72. The second kappa shape index (κ2) is 5.82. The number of aromatic nitrogens is 4. The van der Waals surface area contributed by atoms with Crippen LogP contribution in [0.1, 0.15) is 23.9 Å². The molecule has 0 saturated heterocycles. The second-order valence-electron chi connectivity index (χ2n) is 4.45. The molecule has 18 heavy (non-hydrogen) atoms. The Bertz CT molecular complexity index is 484. The third-order valence-electron chi connectivity index (χ3n) is 3.21. The van der Waals surface area contributed by atoms with E-state index in [4.69, 9.17) is 0 Å². The lowest BCUT2D eigenvalue weighted by Gasteiger charge is -2.06. The van der Waals surface area contributed by atoms with Gasteiger partial charge in [0.25, 0.3) is 0 Å². The molecule has 2 rings (SSSR count). The highest BCUT2D eigenvalue weighted by atomic mass is 15.3. The zero-order chi connectivity index (χ0) is 13.0. The Labute approximate surface area is 108 Å². The summed E-state index contributed by atoms with van der Waals surface area (Å²) >= 11 is 0. The maximum absolute atomic E-state index is 4.61. The van der Waals surface area contributed by atoms with Crippen molar-refractivity contribution >= 4 is 0 Å². The molecule has 0 fully saturated rings. The molecule has 0 radical (unpaired) electrons. The van der Waals surface area contributed by atoms with E-state index in [0.29, 0.717) is 0 Å². The normalized spacial score (nSPS) is 11.1. The van der Waals surface area contributed by atoms with Crippen LogP contribution in [0.25, 0.3) is 0 Å². The lowest BCUT2D eigenvalue weighted by Crippen LogP contribution is -2.13. The average Bonchev–Trinajstić information content (AvgIpc) is 2.95. The van der Waals surface area contributed by atoms with Gasteiger partial charge in [0, 0.05) is 36.7 Å². The number of rotatable bonds is 6. The highest BCUT2D eigenvalue weighted by Crippen LogP contribution is 2.12. The first-order valence-corrected chi connectivity index (χ1v) is 6.41. The van der Waals surface area contributed by atoms with Gasteiger partial charge in [-0.1, -0.05) is 6.92 Å². The molecular weight excluding hydrogens is 226 g/mol. The number of hydrogen-bond acceptors (Lipinski definition) is 3. The third-order valence-corrected chi connectivity index (χ3v) is 3.21. The molecular formula is C13H21N5. The predicted octanol–water partition coefficient (Wildman–Crippen LogP) is 1.51. The van der Waals surface area contributed by atoms with Crippen LogP contribution in [-0.2, 0) is 19.6 Å². The van der Waals surface area contributed by atoms with Crippen molar-refractivity contribution in [2.45, 2.75) is 40.4 Å². The number of nitrogens with zero attached hydrogens (tertiary/aromatic N) is 4. The van der Waals surface area contributed by atoms with Crippen molar-refractivity contribution < 1.29 is 0 Å². The Morgan fingerprint density at radius 1 is 1.28 bits per heavy atom. The summed E-state index contributed by atoms with van der Waals surface area (Å²) in [5, 5.41) is 7.97. The van der Waals surface area contributed by atoms with Gasteiger partial charge in [-0.25, -0.2) is 4.98 Å². The van der Waals surface area contributed by atoms with E-state index in [1.165, 1.54) is 11.3 Å². The number of aryl methyl sites for hydroxylation is 3. The summed E-state index contributed by atoms with van der Waals surface area (Å²) in [7, 11) is 0. The van der Waals surface area contributed by atoms with Crippen LogP contribution in [0.3, 0.4) is 0 Å². The van der Waals surface area contributed by atoms with Gasteiger partial charge in [0.2, 0.25) is 0 Å². The highest BCUT2D eigenvalue weighted by molar-refractivity contribution is 5.24. The summed E-state index contributed by atoms with van der Waals surface area (Å²) in [5.41, 5.74) is 3.70. The highest BCUT2D eigenvalue weighted by Gasteiger charge is 2.10. The van der Waals surface area contributed by atoms with Crippen LogP contribution >= 0.6 is 0 Å². The van der Waals surface area contributed by atoms with Crippen LogP contribution in [0.4, 0.5) is 0 Å². The van der Waals surface area contributed by atoms with Crippen molar-refractivity contribution in [3.63, 3.8) is 0 Å². The van der Waals surface area contributed by atoms with Crippen LogP contribution in [0.2, 0.25) is 0 Å². The number of hydrogen-bond donors (Lipinski definition) is 1. The quantitative estimate of drug-likeness (QED) is 0.841. The van der Waals surface area contributed by atoms with Gasteiger partial charge in [0.15, 0.2) is 0 Å². The minimum atomic E-state index is 0.884. The van der Waals surface area contributed by atoms with E-state index in [0.717, 1.165) is 31.9 Å².